The number of anilines is 1. The summed E-state index contributed by atoms with van der Waals surface area (Å²) in [6.45, 7) is 7.83. The number of halogens is 1. The van der Waals surface area contributed by atoms with E-state index in [1.807, 2.05) is 63.2 Å². The van der Waals surface area contributed by atoms with Crippen molar-refractivity contribution in [3.8, 4) is 0 Å². The minimum absolute atomic E-state index is 0.0312. The van der Waals surface area contributed by atoms with Gasteiger partial charge in [0.15, 0.2) is 0 Å². The van der Waals surface area contributed by atoms with Crippen molar-refractivity contribution in [2.45, 2.75) is 45.4 Å². The number of nitrogens with zero attached hydrogens (tertiary/aromatic N) is 3. The highest BCUT2D eigenvalue weighted by Gasteiger charge is 2.29. The summed E-state index contributed by atoms with van der Waals surface area (Å²) in [5.74, 6) is 0.916. The third-order valence-electron chi connectivity index (χ3n) is 5.08. The zero-order chi connectivity index (χ0) is 21.3. The monoisotopic (exact) mass is 426 g/mol. The predicted molar refractivity (Wildman–Crippen MR) is 120 cm³/mol. The molecule has 0 saturated carbocycles. The molecule has 0 bridgehead atoms. The first-order chi connectivity index (χ1) is 14.3. The number of hydrogen-bond donors (Lipinski definition) is 1. The molecule has 6 nitrogen and oxygen atoms in total. The van der Waals surface area contributed by atoms with Gasteiger partial charge in [0.25, 0.3) is 0 Å². The number of fused-ring (bicyclic) bond motifs is 1. The average Bonchev–Trinajstić information content (AvgIpc) is 3.27. The maximum atomic E-state index is 12.2. The van der Waals surface area contributed by atoms with Crippen LogP contribution in [0.2, 0.25) is 5.02 Å². The number of imidazole rings is 1. The van der Waals surface area contributed by atoms with Gasteiger partial charge in [-0.3, -0.25) is 0 Å². The van der Waals surface area contributed by atoms with E-state index in [-0.39, 0.29) is 12.1 Å². The lowest BCUT2D eigenvalue weighted by molar-refractivity contribution is 0.0509. The van der Waals surface area contributed by atoms with E-state index < -0.39 is 5.60 Å². The second-order valence-electron chi connectivity index (χ2n) is 8.69. The van der Waals surface area contributed by atoms with Crippen LogP contribution in [-0.2, 0) is 11.3 Å². The second kappa shape index (κ2) is 8.19. The number of amides is 1. The average molecular weight is 427 g/mol. The SMILES string of the molecule is CC(C)(C)OC(=O)NC1CCN(c2nc3ccccc3n2Cc2ccc(Cl)cc2)C1. The number of rotatable bonds is 4. The summed E-state index contributed by atoms with van der Waals surface area (Å²) in [7, 11) is 0. The van der Waals surface area contributed by atoms with Crippen molar-refractivity contribution >= 4 is 34.7 Å². The molecule has 30 heavy (non-hydrogen) atoms. The Morgan fingerprint density at radius 1 is 1.20 bits per heavy atom. The van der Waals surface area contributed by atoms with E-state index in [9.17, 15) is 4.79 Å². The normalized spacial score (nSPS) is 16.8. The molecule has 1 atom stereocenters. The lowest BCUT2D eigenvalue weighted by Gasteiger charge is -2.22. The third kappa shape index (κ3) is 4.70. The Labute approximate surface area is 181 Å². The van der Waals surface area contributed by atoms with Crippen molar-refractivity contribution in [1.82, 2.24) is 14.9 Å². The number of carbonyl (C=O) groups is 1. The minimum atomic E-state index is -0.505. The molecule has 4 rings (SSSR count). The number of ether oxygens (including phenoxy) is 1. The van der Waals surface area contributed by atoms with Crippen molar-refractivity contribution in [3.63, 3.8) is 0 Å². The molecule has 1 N–H and O–H groups in total. The zero-order valence-electron chi connectivity index (χ0n) is 17.6. The van der Waals surface area contributed by atoms with Gasteiger partial charge in [-0.2, -0.15) is 0 Å². The quantitative estimate of drug-likeness (QED) is 0.648. The van der Waals surface area contributed by atoms with E-state index in [0.29, 0.717) is 13.1 Å². The van der Waals surface area contributed by atoms with E-state index in [4.69, 9.17) is 21.3 Å². The van der Waals surface area contributed by atoms with Crippen LogP contribution in [0, 0.1) is 0 Å². The van der Waals surface area contributed by atoms with Crippen LogP contribution in [0.5, 0.6) is 0 Å². The summed E-state index contributed by atoms with van der Waals surface area (Å²) < 4.78 is 7.63. The van der Waals surface area contributed by atoms with Gasteiger partial charge < -0.3 is 19.5 Å². The molecule has 1 aliphatic heterocycles. The van der Waals surface area contributed by atoms with Gasteiger partial charge in [-0.1, -0.05) is 35.9 Å². The Morgan fingerprint density at radius 3 is 2.67 bits per heavy atom. The molecule has 1 saturated heterocycles. The highest BCUT2D eigenvalue weighted by Crippen LogP contribution is 2.27. The Bertz CT molecular complexity index is 1040. The molecule has 7 heteroatoms. The van der Waals surface area contributed by atoms with Crippen molar-refractivity contribution in [3.05, 3.63) is 59.1 Å². The number of hydrogen-bond acceptors (Lipinski definition) is 4. The first kappa shape index (κ1) is 20.5. The molecule has 2 heterocycles. The number of benzene rings is 2. The fourth-order valence-corrected chi connectivity index (χ4v) is 3.89. The van der Waals surface area contributed by atoms with Crippen molar-refractivity contribution in [2.75, 3.05) is 18.0 Å². The Hall–Kier alpha value is -2.73. The molecular weight excluding hydrogens is 400 g/mol. The van der Waals surface area contributed by atoms with Gasteiger partial charge in [0.1, 0.15) is 5.60 Å². The zero-order valence-corrected chi connectivity index (χ0v) is 18.3. The van der Waals surface area contributed by atoms with Crippen LogP contribution in [0.15, 0.2) is 48.5 Å². The van der Waals surface area contributed by atoms with E-state index in [0.717, 1.165) is 40.5 Å². The van der Waals surface area contributed by atoms with Crippen LogP contribution < -0.4 is 10.2 Å². The van der Waals surface area contributed by atoms with E-state index in [2.05, 4.69) is 20.9 Å². The van der Waals surface area contributed by atoms with Crippen LogP contribution >= 0.6 is 11.6 Å². The molecular formula is C23H27ClN4O2. The molecule has 3 aromatic rings. The van der Waals surface area contributed by atoms with Gasteiger partial charge in [-0.15, -0.1) is 0 Å². The van der Waals surface area contributed by atoms with Gasteiger partial charge in [0, 0.05) is 18.1 Å². The number of nitrogens with one attached hydrogen (secondary N) is 1. The summed E-state index contributed by atoms with van der Waals surface area (Å²) in [5.41, 5.74) is 2.71. The molecule has 0 spiro atoms. The molecule has 1 fully saturated rings. The number of aromatic nitrogens is 2. The largest absolute Gasteiger partial charge is 0.444 e. The summed E-state index contributed by atoms with van der Waals surface area (Å²) in [5, 5.41) is 3.72. The smallest absolute Gasteiger partial charge is 0.407 e. The van der Waals surface area contributed by atoms with Crippen molar-refractivity contribution in [2.24, 2.45) is 0 Å². The molecule has 1 aliphatic rings. The first-order valence-electron chi connectivity index (χ1n) is 10.2. The fraction of sp³-hybridized carbons (Fsp3) is 0.391. The Morgan fingerprint density at radius 2 is 1.93 bits per heavy atom. The second-order valence-corrected chi connectivity index (χ2v) is 9.13. The van der Waals surface area contributed by atoms with Gasteiger partial charge in [0.05, 0.1) is 23.6 Å². The molecule has 1 amide bonds. The van der Waals surface area contributed by atoms with Gasteiger partial charge >= 0.3 is 6.09 Å². The summed E-state index contributed by atoms with van der Waals surface area (Å²) in [6, 6.07) is 16.1. The Kier molecular flexibility index (Phi) is 5.60. The number of carbonyl (C=O) groups excluding carboxylic acids is 1. The summed E-state index contributed by atoms with van der Waals surface area (Å²) in [4.78, 5) is 19.3. The standard InChI is InChI=1S/C23H27ClN4O2/c1-23(2,3)30-22(29)25-18-12-13-27(15-18)21-26-19-6-4-5-7-20(19)28(21)14-16-8-10-17(24)11-9-16/h4-11,18H,12-15H2,1-3H3,(H,25,29). The van der Waals surface area contributed by atoms with E-state index in [1.165, 1.54) is 0 Å². The minimum Gasteiger partial charge on any atom is -0.444 e. The molecule has 1 unspecified atom stereocenters. The predicted octanol–water partition coefficient (Wildman–Crippen LogP) is 4.84. The molecule has 0 aliphatic carbocycles. The Balaban J connectivity index is 1.55. The molecule has 158 valence electrons. The molecule has 1 aromatic heterocycles. The van der Waals surface area contributed by atoms with Gasteiger partial charge in [-0.25, -0.2) is 9.78 Å². The number of alkyl carbamates (subject to hydrolysis) is 1. The van der Waals surface area contributed by atoms with E-state index >= 15 is 0 Å². The number of para-hydroxylation sites is 2. The van der Waals surface area contributed by atoms with Crippen LogP contribution in [-0.4, -0.2) is 40.4 Å². The van der Waals surface area contributed by atoms with E-state index in [1.54, 1.807) is 0 Å². The third-order valence-corrected chi connectivity index (χ3v) is 5.33. The molecule has 0 radical (unpaired) electrons. The molecule has 2 aromatic carbocycles. The van der Waals surface area contributed by atoms with Crippen LogP contribution in [0.3, 0.4) is 0 Å². The topological polar surface area (TPSA) is 59.4 Å². The van der Waals surface area contributed by atoms with Gasteiger partial charge in [0.2, 0.25) is 5.95 Å². The first-order valence-corrected chi connectivity index (χ1v) is 10.6. The summed E-state index contributed by atoms with van der Waals surface area (Å²) >= 11 is 6.05. The maximum Gasteiger partial charge on any atom is 0.407 e. The maximum absolute atomic E-state index is 12.2. The highest BCUT2D eigenvalue weighted by molar-refractivity contribution is 6.30. The fourth-order valence-electron chi connectivity index (χ4n) is 3.77. The van der Waals surface area contributed by atoms with Crippen LogP contribution in [0.4, 0.5) is 10.7 Å². The highest BCUT2D eigenvalue weighted by atomic mass is 35.5. The van der Waals surface area contributed by atoms with Crippen molar-refractivity contribution in [1.29, 1.82) is 0 Å². The van der Waals surface area contributed by atoms with Gasteiger partial charge in [-0.05, 0) is 57.0 Å². The van der Waals surface area contributed by atoms with Crippen LogP contribution in [0.25, 0.3) is 11.0 Å². The van der Waals surface area contributed by atoms with Crippen molar-refractivity contribution < 1.29 is 9.53 Å². The van der Waals surface area contributed by atoms with Crippen LogP contribution in [0.1, 0.15) is 32.8 Å². The lowest BCUT2D eigenvalue weighted by atomic mass is 10.2. The lowest BCUT2D eigenvalue weighted by Crippen LogP contribution is -2.40. The summed E-state index contributed by atoms with van der Waals surface area (Å²) in [6.07, 6.45) is 0.479.